The van der Waals surface area contributed by atoms with Crippen molar-refractivity contribution in [1.29, 1.82) is 0 Å². The van der Waals surface area contributed by atoms with Crippen molar-refractivity contribution in [2.24, 2.45) is 11.8 Å². The van der Waals surface area contributed by atoms with E-state index in [0.717, 1.165) is 24.3 Å². The molecule has 2 rings (SSSR count). The fraction of sp³-hybridized carbons (Fsp3) is 0.688. The summed E-state index contributed by atoms with van der Waals surface area (Å²) in [4.78, 5) is 57.7. The van der Waals surface area contributed by atoms with Crippen LogP contribution in [0, 0.1) is 11.8 Å². The van der Waals surface area contributed by atoms with Gasteiger partial charge in [-0.3, -0.25) is 14.4 Å². The Balaban J connectivity index is 2.18. The van der Waals surface area contributed by atoms with E-state index in [1.54, 1.807) is 21.1 Å². The van der Waals surface area contributed by atoms with E-state index in [-0.39, 0.29) is 24.2 Å². The number of rotatable bonds is 15. The Morgan fingerprint density at radius 1 is 0.860 bits per heavy atom. The van der Waals surface area contributed by atoms with E-state index < -0.39 is 42.1 Å². The Morgan fingerprint density at radius 2 is 1.44 bits per heavy atom. The molecule has 11 nitrogen and oxygen atoms in total. The van der Waals surface area contributed by atoms with Crippen molar-refractivity contribution in [3.63, 3.8) is 0 Å². The molecule has 11 heteroatoms. The SMILES string of the molecule is CNC(CC(C)C)C(=O)O[C@H](C)C(=O)N(C)[C@@H](CC(C)C)C(=O)O[C@H](Cc1ccc(N2CCOCC2)cc1)C(=O)N(C)C. The largest absolute Gasteiger partial charge is 0.451 e. The van der Waals surface area contributed by atoms with E-state index in [9.17, 15) is 19.2 Å². The highest BCUT2D eigenvalue weighted by molar-refractivity contribution is 5.90. The minimum Gasteiger partial charge on any atom is -0.451 e. The predicted octanol–water partition coefficient (Wildman–Crippen LogP) is 2.50. The summed E-state index contributed by atoms with van der Waals surface area (Å²) in [6.45, 7) is 12.3. The molecule has 1 saturated heterocycles. The van der Waals surface area contributed by atoms with Crippen LogP contribution in [-0.4, -0.2) is 112 Å². The summed E-state index contributed by atoms with van der Waals surface area (Å²) < 4.78 is 16.8. The summed E-state index contributed by atoms with van der Waals surface area (Å²) >= 11 is 0. The molecule has 1 aliphatic rings. The maximum Gasteiger partial charge on any atom is 0.329 e. The zero-order chi connectivity index (χ0) is 32.3. The lowest BCUT2D eigenvalue weighted by Gasteiger charge is -2.32. The van der Waals surface area contributed by atoms with Gasteiger partial charge in [0.2, 0.25) is 0 Å². The first-order valence-corrected chi connectivity index (χ1v) is 15.2. The molecule has 4 atom stereocenters. The van der Waals surface area contributed by atoms with E-state index >= 15 is 0 Å². The standard InChI is InChI=1S/C32H52N4O7/c1-21(2)18-26(33-6)31(39)42-23(5)29(37)35(9)27(19-22(3)4)32(40)43-28(30(38)34(7)8)20-24-10-12-25(13-11-24)36-14-16-41-17-15-36/h10-13,21-23,26-28,33H,14-20H2,1-9H3/t23-,26?,27+,28-/m1/s1. The van der Waals surface area contributed by atoms with E-state index in [0.29, 0.717) is 26.1 Å². The Hall–Kier alpha value is -3.18. The van der Waals surface area contributed by atoms with Crippen molar-refractivity contribution in [3.05, 3.63) is 29.8 Å². The number of ether oxygens (including phenoxy) is 3. The Labute approximate surface area is 257 Å². The highest BCUT2D eigenvalue weighted by Crippen LogP contribution is 2.20. The topological polar surface area (TPSA) is 118 Å². The average Bonchev–Trinajstić information content (AvgIpc) is 2.97. The van der Waals surface area contributed by atoms with Crippen LogP contribution in [0.25, 0.3) is 0 Å². The van der Waals surface area contributed by atoms with Crippen molar-refractivity contribution in [2.45, 2.75) is 78.2 Å². The smallest absolute Gasteiger partial charge is 0.329 e. The van der Waals surface area contributed by atoms with Crippen LogP contribution in [0.4, 0.5) is 5.69 Å². The van der Waals surface area contributed by atoms with Gasteiger partial charge in [-0.15, -0.1) is 0 Å². The van der Waals surface area contributed by atoms with Crippen molar-refractivity contribution < 1.29 is 33.4 Å². The van der Waals surface area contributed by atoms with Crippen LogP contribution in [0.15, 0.2) is 24.3 Å². The highest BCUT2D eigenvalue weighted by atomic mass is 16.6. The second-order valence-electron chi connectivity index (χ2n) is 12.3. The number of benzene rings is 1. The molecule has 0 aromatic heterocycles. The maximum atomic E-state index is 13.6. The molecule has 1 aromatic rings. The summed E-state index contributed by atoms with van der Waals surface area (Å²) in [5.74, 6) is -1.78. The van der Waals surface area contributed by atoms with Crippen molar-refractivity contribution in [2.75, 3.05) is 59.4 Å². The van der Waals surface area contributed by atoms with Crippen LogP contribution >= 0.6 is 0 Å². The summed E-state index contributed by atoms with van der Waals surface area (Å²) in [5.41, 5.74) is 1.91. The lowest BCUT2D eigenvalue weighted by atomic mass is 10.0. The minimum absolute atomic E-state index is 0.0427. The maximum absolute atomic E-state index is 13.6. The molecule has 0 aliphatic carbocycles. The number of hydrogen-bond acceptors (Lipinski definition) is 9. The van der Waals surface area contributed by atoms with Gasteiger partial charge in [0.1, 0.15) is 12.1 Å². The molecule has 43 heavy (non-hydrogen) atoms. The lowest BCUT2D eigenvalue weighted by Crippen LogP contribution is -2.51. The molecular weight excluding hydrogens is 552 g/mol. The number of likely N-dealkylation sites (N-methyl/N-ethyl adjacent to an activating group) is 3. The molecule has 0 spiro atoms. The zero-order valence-corrected chi connectivity index (χ0v) is 27.4. The van der Waals surface area contributed by atoms with Crippen molar-refractivity contribution in [1.82, 2.24) is 15.1 Å². The molecule has 0 radical (unpaired) electrons. The lowest BCUT2D eigenvalue weighted by molar-refractivity contribution is -0.169. The predicted molar refractivity (Wildman–Crippen MR) is 166 cm³/mol. The van der Waals surface area contributed by atoms with Crippen LogP contribution in [0.5, 0.6) is 0 Å². The van der Waals surface area contributed by atoms with Crippen molar-refractivity contribution in [3.8, 4) is 0 Å². The van der Waals surface area contributed by atoms with E-state index in [1.807, 2.05) is 52.0 Å². The second kappa shape index (κ2) is 17.2. The number of esters is 2. The number of carbonyl (C=O) groups excluding carboxylic acids is 4. The average molecular weight is 605 g/mol. The van der Waals surface area contributed by atoms with Gasteiger partial charge in [0.15, 0.2) is 12.2 Å². The number of anilines is 1. The molecule has 242 valence electrons. The van der Waals surface area contributed by atoms with Crippen molar-refractivity contribution >= 4 is 29.4 Å². The Bertz CT molecular complexity index is 1050. The molecule has 2 amide bonds. The van der Waals surface area contributed by atoms with Gasteiger partial charge in [-0.2, -0.15) is 0 Å². The molecule has 1 unspecified atom stereocenters. The summed E-state index contributed by atoms with van der Waals surface area (Å²) in [7, 11) is 6.39. The van der Waals surface area contributed by atoms with Crippen LogP contribution in [0.1, 0.15) is 53.0 Å². The van der Waals surface area contributed by atoms with Gasteiger partial charge in [0.05, 0.1) is 13.2 Å². The van der Waals surface area contributed by atoms with Gasteiger partial charge < -0.3 is 34.2 Å². The number of hydrogen-bond donors (Lipinski definition) is 1. The van der Waals surface area contributed by atoms with Gasteiger partial charge in [-0.05, 0) is 56.3 Å². The summed E-state index contributed by atoms with van der Waals surface area (Å²) in [5, 5.41) is 2.94. The van der Waals surface area contributed by atoms with E-state index in [4.69, 9.17) is 14.2 Å². The Kier molecular flexibility index (Phi) is 14.4. The van der Waals surface area contributed by atoms with Crippen LogP contribution < -0.4 is 10.2 Å². The first-order valence-electron chi connectivity index (χ1n) is 15.2. The third-order valence-corrected chi connectivity index (χ3v) is 7.47. The van der Waals surface area contributed by atoms with Crippen LogP contribution in [0.3, 0.4) is 0 Å². The highest BCUT2D eigenvalue weighted by Gasteiger charge is 2.36. The number of nitrogens with zero attached hydrogens (tertiary/aromatic N) is 3. The first-order chi connectivity index (χ1) is 20.2. The molecule has 1 aliphatic heterocycles. The number of carbonyl (C=O) groups is 4. The van der Waals surface area contributed by atoms with Gasteiger partial charge >= 0.3 is 11.9 Å². The first kappa shape index (κ1) is 36.0. The Morgan fingerprint density at radius 3 is 1.95 bits per heavy atom. The van der Waals surface area contributed by atoms with Gasteiger partial charge in [0, 0.05) is 46.3 Å². The van der Waals surface area contributed by atoms with Crippen LogP contribution in [-0.2, 0) is 39.8 Å². The molecule has 1 N–H and O–H groups in total. The van der Waals surface area contributed by atoms with Gasteiger partial charge in [-0.1, -0.05) is 39.8 Å². The summed E-state index contributed by atoms with van der Waals surface area (Å²) in [6.07, 6.45) is -1.12. The fourth-order valence-electron chi connectivity index (χ4n) is 4.97. The zero-order valence-electron chi connectivity index (χ0n) is 27.4. The quantitative estimate of drug-likeness (QED) is 0.301. The van der Waals surface area contributed by atoms with Crippen LogP contribution in [0.2, 0.25) is 0 Å². The number of nitrogens with one attached hydrogen (secondary N) is 1. The monoisotopic (exact) mass is 604 g/mol. The molecule has 1 heterocycles. The second-order valence-corrected chi connectivity index (χ2v) is 12.3. The third-order valence-electron chi connectivity index (χ3n) is 7.47. The molecule has 0 saturated carbocycles. The van der Waals surface area contributed by atoms with E-state index in [1.165, 1.54) is 23.8 Å². The summed E-state index contributed by atoms with van der Waals surface area (Å²) in [6, 6.07) is 6.35. The number of amides is 2. The third kappa shape index (κ3) is 11.1. The number of morpholine rings is 1. The van der Waals surface area contributed by atoms with Gasteiger partial charge in [-0.25, -0.2) is 4.79 Å². The minimum atomic E-state index is -1.10. The van der Waals surface area contributed by atoms with Gasteiger partial charge in [0.25, 0.3) is 11.8 Å². The fourth-order valence-corrected chi connectivity index (χ4v) is 4.97. The normalized spacial score (nSPS) is 16.3. The molecular formula is C32H52N4O7. The molecule has 1 aromatic carbocycles. The van der Waals surface area contributed by atoms with E-state index in [2.05, 4.69) is 10.2 Å². The molecule has 1 fully saturated rings. The molecule has 0 bridgehead atoms.